The summed E-state index contributed by atoms with van der Waals surface area (Å²) < 4.78 is 19.3. The minimum Gasteiger partial charge on any atom is -0.455 e. The lowest BCUT2D eigenvalue weighted by Gasteiger charge is -2.44. The standard InChI is InChI=1S/C39H48O7Si2/c1-38(2,3)47(28-19-11-7-12-20-28,29-21-13-8-14-22-29)44-27-32(40)33(41)35-34(42)36(37(43)45-35)46-48(39(4,5)6,30-23-15-9-16-24-30)31-25-17-10-18-26-31/h7-26,32-36,40-42H,27H2,1-6H3/t32-,33+,34+,35-,36+/m0/s1. The van der Waals surface area contributed by atoms with Crippen molar-refractivity contribution in [3.63, 3.8) is 0 Å². The number of carbonyl (C=O) groups excluding carboxylic acids is 1. The van der Waals surface area contributed by atoms with Crippen LogP contribution < -0.4 is 20.7 Å². The number of hydrogen-bond donors (Lipinski definition) is 3. The normalized spacial score (nSPS) is 20.3. The zero-order valence-corrected chi connectivity index (χ0v) is 30.6. The van der Waals surface area contributed by atoms with Crippen molar-refractivity contribution in [1.29, 1.82) is 0 Å². The van der Waals surface area contributed by atoms with Crippen LogP contribution in [0.25, 0.3) is 0 Å². The molecule has 0 unspecified atom stereocenters. The Kier molecular flexibility index (Phi) is 10.6. The molecule has 254 valence electrons. The summed E-state index contributed by atoms with van der Waals surface area (Å²) >= 11 is 0. The van der Waals surface area contributed by atoms with Crippen molar-refractivity contribution in [3.05, 3.63) is 121 Å². The van der Waals surface area contributed by atoms with Crippen molar-refractivity contribution in [3.8, 4) is 0 Å². The topological polar surface area (TPSA) is 105 Å². The van der Waals surface area contributed by atoms with Gasteiger partial charge >= 0.3 is 5.97 Å². The lowest BCUT2D eigenvalue weighted by atomic mass is 10.0. The van der Waals surface area contributed by atoms with Crippen molar-refractivity contribution in [2.45, 2.75) is 82.1 Å². The molecule has 1 heterocycles. The maximum absolute atomic E-state index is 13.5. The number of aliphatic hydroxyl groups is 3. The first-order chi connectivity index (χ1) is 22.7. The van der Waals surface area contributed by atoms with Crippen LogP contribution in [0.1, 0.15) is 41.5 Å². The second-order valence-electron chi connectivity index (χ2n) is 14.6. The summed E-state index contributed by atoms with van der Waals surface area (Å²) in [6.45, 7) is 12.3. The molecule has 1 aliphatic rings. The van der Waals surface area contributed by atoms with Crippen LogP contribution >= 0.6 is 0 Å². The Bertz CT molecular complexity index is 1540. The van der Waals surface area contributed by atoms with Crippen LogP contribution in [-0.4, -0.2) is 75.1 Å². The van der Waals surface area contributed by atoms with Crippen LogP contribution in [-0.2, 0) is 18.4 Å². The van der Waals surface area contributed by atoms with Gasteiger partial charge in [-0.15, -0.1) is 0 Å². The number of cyclic esters (lactones) is 1. The minimum atomic E-state index is -3.25. The van der Waals surface area contributed by atoms with Gasteiger partial charge in [-0.2, -0.15) is 0 Å². The van der Waals surface area contributed by atoms with E-state index in [2.05, 4.69) is 41.5 Å². The van der Waals surface area contributed by atoms with E-state index in [0.717, 1.165) is 20.7 Å². The third kappa shape index (κ3) is 6.61. The maximum Gasteiger partial charge on any atom is 0.337 e. The van der Waals surface area contributed by atoms with Gasteiger partial charge < -0.3 is 28.9 Å². The molecule has 0 amide bonds. The molecule has 0 aromatic heterocycles. The highest BCUT2D eigenvalue weighted by molar-refractivity contribution is 7.00. The summed E-state index contributed by atoms with van der Waals surface area (Å²) in [4.78, 5) is 13.5. The lowest BCUT2D eigenvalue weighted by Crippen LogP contribution is -2.69. The van der Waals surface area contributed by atoms with Gasteiger partial charge in [-0.3, -0.25) is 0 Å². The van der Waals surface area contributed by atoms with Gasteiger partial charge in [-0.1, -0.05) is 163 Å². The van der Waals surface area contributed by atoms with Crippen LogP contribution in [0.4, 0.5) is 0 Å². The SMILES string of the molecule is CC(C)(C)[Si](OC[C@H](O)[C@@H](O)[C@@H]1OC(=O)[C@H](O[Si](c2ccccc2)(c2ccccc2)C(C)(C)C)[C@@H]1O)(c1ccccc1)c1ccccc1. The predicted molar refractivity (Wildman–Crippen MR) is 194 cm³/mol. The Morgan fingerprint density at radius 2 is 1.00 bits per heavy atom. The Hall–Kier alpha value is -3.42. The number of esters is 1. The van der Waals surface area contributed by atoms with E-state index < -0.39 is 58.2 Å². The molecule has 1 saturated heterocycles. The quantitative estimate of drug-likeness (QED) is 0.164. The van der Waals surface area contributed by atoms with Crippen molar-refractivity contribution in [2.75, 3.05) is 6.61 Å². The van der Waals surface area contributed by atoms with Gasteiger partial charge in [-0.05, 0) is 30.8 Å². The van der Waals surface area contributed by atoms with E-state index in [-0.39, 0.29) is 11.6 Å². The van der Waals surface area contributed by atoms with Crippen molar-refractivity contribution >= 4 is 43.4 Å². The molecule has 4 aromatic carbocycles. The third-order valence-electron chi connectivity index (χ3n) is 9.47. The first kappa shape index (κ1) is 35.9. The van der Waals surface area contributed by atoms with Crippen LogP contribution in [0.5, 0.6) is 0 Å². The van der Waals surface area contributed by atoms with E-state index in [1.165, 1.54) is 0 Å². The monoisotopic (exact) mass is 684 g/mol. The Labute approximate surface area is 286 Å². The fraction of sp³-hybridized carbons (Fsp3) is 0.359. The molecule has 9 heteroatoms. The number of carbonyl (C=O) groups is 1. The molecule has 1 fully saturated rings. The molecule has 0 spiro atoms. The van der Waals surface area contributed by atoms with Crippen LogP contribution in [0, 0.1) is 0 Å². The first-order valence-electron chi connectivity index (χ1n) is 16.5. The molecule has 0 saturated carbocycles. The Balaban J connectivity index is 1.43. The molecule has 4 aromatic rings. The average molecular weight is 685 g/mol. The lowest BCUT2D eigenvalue weighted by molar-refractivity contribution is -0.154. The van der Waals surface area contributed by atoms with Crippen LogP contribution in [0.2, 0.25) is 10.1 Å². The molecule has 0 radical (unpaired) electrons. The summed E-state index contributed by atoms with van der Waals surface area (Å²) in [5.74, 6) is -0.778. The molecule has 1 aliphatic heterocycles. The molecule has 7 nitrogen and oxygen atoms in total. The van der Waals surface area contributed by atoms with Gasteiger partial charge in [0.25, 0.3) is 16.6 Å². The molecule has 3 N–H and O–H groups in total. The number of hydrogen-bond acceptors (Lipinski definition) is 7. The van der Waals surface area contributed by atoms with E-state index in [1.807, 2.05) is 121 Å². The average Bonchev–Trinajstić information content (AvgIpc) is 3.35. The molecule has 48 heavy (non-hydrogen) atoms. The van der Waals surface area contributed by atoms with E-state index in [1.54, 1.807) is 0 Å². The van der Waals surface area contributed by atoms with Gasteiger partial charge in [0.2, 0.25) is 0 Å². The second-order valence-corrected chi connectivity index (χ2v) is 23.2. The van der Waals surface area contributed by atoms with Crippen LogP contribution in [0.15, 0.2) is 121 Å². The highest BCUT2D eigenvalue weighted by atomic mass is 28.4. The smallest absolute Gasteiger partial charge is 0.337 e. The zero-order valence-electron chi connectivity index (χ0n) is 28.6. The molecule has 0 aliphatic carbocycles. The van der Waals surface area contributed by atoms with Gasteiger partial charge in [-0.25, -0.2) is 4.79 Å². The van der Waals surface area contributed by atoms with Crippen LogP contribution in [0.3, 0.4) is 0 Å². The highest BCUT2D eigenvalue weighted by Gasteiger charge is 2.58. The summed E-state index contributed by atoms with van der Waals surface area (Å²) in [6, 6.07) is 39.6. The van der Waals surface area contributed by atoms with E-state index in [0.29, 0.717) is 0 Å². The number of rotatable bonds is 11. The van der Waals surface area contributed by atoms with Gasteiger partial charge in [0, 0.05) is 0 Å². The fourth-order valence-electron chi connectivity index (χ4n) is 7.14. The first-order valence-corrected chi connectivity index (χ1v) is 20.3. The molecule has 5 rings (SSSR count). The predicted octanol–water partition coefficient (Wildman–Crippen LogP) is 3.52. The molecular weight excluding hydrogens is 637 g/mol. The highest BCUT2D eigenvalue weighted by Crippen LogP contribution is 2.40. The second kappa shape index (κ2) is 14.2. The number of benzene rings is 4. The maximum atomic E-state index is 13.5. The van der Waals surface area contributed by atoms with E-state index >= 15 is 0 Å². The summed E-state index contributed by atoms with van der Waals surface area (Å²) in [5, 5.41) is 37.6. The van der Waals surface area contributed by atoms with Gasteiger partial charge in [0.1, 0.15) is 18.3 Å². The largest absolute Gasteiger partial charge is 0.455 e. The fourth-order valence-corrected chi connectivity index (χ4v) is 16.4. The van der Waals surface area contributed by atoms with E-state index in [9.17, 15) is 20.1 Å². The molecular formula is C39H48O7Si2. The summed E-state index contributed by atoms with van der Waals surface area (Å²) in [7, 11) is -6.28. The van der Waals surface area contributed by atoms with Gasteiger partial charge in [0.05, 0.1) is 6.61 Å². The Morgan fingerprint density at radius 1 is 0.646 bits per heavy atom. The molecule has 5 atom stereocenters. The number of aliphatic hydroxyl groups excluding tert-OH is 3. The summed E-state index contributed by atoms with van der Waals surface area (Å²) in [5.41, 5.74) is 0. The minimum absolute atomic E-state index is 0.241. The number of ether oxygens (including phenoxy) is 1. The van der Waals surface area contributed by atoms with Crippen molar-refractivity contribution in [2.24, 2.45) is 0 Å². The van der Waals surface area contributed by atoms with Crippen molar-refractivity contribution < 1.29 is 33.7 Å². The van der Waals surface area contributed by atoms with Gasteiger partial charge in [0.15, 0.2) is 12.2 Å². The summed E-state index contributed by atoms with van der Waals surface area (Å²) in [6.07, 6.45) is -7.42. The van der Waals surface area contributed by atoms with E-state index in [4.69, 9.17) is 13.6 Å². The van der Waals surface area contributed by atoms with Crippen molar-refractivity contribution in [1.82, 2.24) is 0 Å². The molecule has 0 bridgehead atoms. The Morgan fingerprint density at radius 3 is 1.35 bits per heavy atom. The zero-order chi connectivity index (χ0) is 34.7. The third-order valence-corrected chi connectivity index (χ3v) is 19.5.